The molecule has 1 heterocycles. The van der Waals surface area contributed by atoms with Crippen molar-refractivity contribution < 1.29 is 0 Å². The average Bonchev–Trinajstić information content (AvgIpc) is 2.81. The van der Waals surface area contributed by atoms with E-state index in [1.165, 1.54) is 0 Å². The van der Waals surface area contributed by atoms with Gasteiger partial charge in [0.2, 0.25) is 0 Å². The molecule has 1 aromatic heterocycles. The number of aromatic nitrogens is 2. The Hall–Kier alpha value is -1.45. The highest BCUT2D eigenvalue weighted by Gasteiger charge is 2.18. The molecule has 0 fully saturated rings. The predicted molar refractivity (Wildman–Crippen MR) is 67.5 cm³/mol. The Kier molecular flexibility index (Phi) is 2.90. The Morgan fingerprint density at radius 2 is 2.06 bits per heavy atom. The lowest BCUT2D eigenvalue weighted by atomic mass is 10.2. The van der Waals surface area contributed by atoms with Gasteiger partial charge in [-0.15, -0.1) is 0 Å². The molecule has 0 saturated heterocycles. The van der Waals surface area contributed by atoms with Crippen LogP contribution in [-0.2, 0) is 0 Å². The van der Waals surface area contributed by atoms with E-state index in [1.807, 2.05) is 11.6 Å². The third-order valence-corrected chi connectivity index (χ3v) is 2.97. The van der Waals surface area contributed by atoms with Gasteiger partial charge < -0.3 is 11.1 Å². The molecule has 1 aliphatic rings. The summed E-state index contributed by atoms with van der Waals surface area (Å²) >= 11 is 0. The molecule has 0 atom stereocenters. The van der Waals surface area contributed by atoms with Crippen molar-refractivity contribution in [1.82, 2.24) is 9.78 Å². The lowest BCUT2D eigenvalue weighted by Gasteiger charge is -2.17. The quantitative estimate of drug-likeness (QED) is 0.769. The first kappa shape index (κ1) is 11.0. The van der Waals surface area contributed by atoms with Gasteiger partial charge in [0.1, 0.15) is 5.82 Å². The first-order valence-corrected chi connectivity index (χ1v) is 5.85. The summed E-state index contributed by atoms with van der Waals surface area (Å²) in [5.41, 5.74) is 7.74. The maximum atomic E-state index is 6.05. The van der Waals surface area contributed by atoms with Gasteiger partial charge in [0.05, 0.1) is 11.4 Å². The first-order chi connectivity index (χ1) is 7.59. The molecule has 4 nitrogen and oxygen atoms in total. The minimum atomic E-state index is 0.327. The molecule has 1 aliphatic carbocycles. The zero-order chi connectivity index (χ0) is 11.7. The van der Waals surface area contributed by atoms with Gasteiger partial charge in [0.25, 0.3) is 0 Å². The highest BCUT2D eigenvalue weighted by Crippen LogP contribution is 2.28. The number of anilines is 2. The molecule has 0 unspecified atom stereocenters. The summed E-state index contributed by atoms with van der Waals surface area (Å²) in [7, 11) is 0. The number of nitrogens with one attached hydrogen (secondary N) is 1. The fourth-order valence-electron chi connectivity index (χ4n) is 2.01. The standard InChI is InChI=1S/C12H20N4/c1-8(2)16-12(11(13)9(3)15-16)14-10-6-4-5-7-10/h4-5,8,10,14H,6-7,13H2,1-3H3. The minimum Gasteiger partial charge on any atom is -0.394 e. The maximum Gasteiger partial charge on any atom is 0.148 e. The summed E-state index contributed by atoms with van der Waals surface area (Å²) in [4.78, 5) is 0. The average molecular weight is 220 g/mol. The lowest BCUT2D eigenvalue weighted by Crippen LogP contribution is -2.19. The molecule has 0 bridgehead atoms. The van der Waals surface area contributed by atoms with Crippen LogP contribution >= 0.6 is 0 Å². The van der Waals surface area contributed by atoms with E-state index in [0.717, 1.165) is 30.0 Å². The summed E-state index contributed by atoms with van der Waals surface area (Å²) in [6, 6.07) is 0.795. The second-order valence-corrected chi connectivity index (χ2v) is 4.67. The molecule has 88 valence electrons. The van der Waals surface area contributed by atoms with Crippen LogP contribution in [0.15, 0.2) is 12.2 Å². The van der Waals surface area contributed by atoms with Crippen LogP contribution in [0.25, 0.3) is 0 Å². The fraction of sp³-hybridized carbons (Fsp3) is 0.583. The second-order valence-electron chi connectivity index (χ2n) is 4.67. The van der Waals surface area contributed by atoms with Crippen LogP contribution in [0.3, 0.4) is 0 Å². The SMILES string of the molecule is Cc1nn(C(C)C)c(NC2CC=CC2)c1N. The topological polar surface area (TPSA) is 55.9 Å². The van der Waals surface area contributed by atoms with E-state index >= 15 is 0 Å². The van der Waals surface area contributed by atoms with E-state index in [1.54, 1.807) is 0 Å². The summed E-state index contributed by atoms with van der Waals surface area (Å²) in [6.45, 7) is 6.18. The third kappa shape index (κ3) is 1.92. The zero-order valence-electron chi connectivity index (χ0n) is 10.2. The van der Waals surface area contributed by atoms with Crippen LogP contribution in [0.5, 0.6) is 0 Å². The smallest absolute Gasteiger partial charge is 0.148 e. The monoisotopic (exact) mass is 220 g/mol. The molecule has 0 aliphatic heterocycles. The Morgan fingerprint density at radius 1 is 1.44 bits per heavy atom. The van der Waals surface area contributed by atoms with Crippen molar-refractivity contribution in [3.63, 3.8) is 0 Å². The van der Waals surface area contributed by atoms with E-state index in [-0.39, 0.29) is 0 Å². The number of nitrogen functional groups attached to an aromatic ring is 1. The number of nitrogens with zero attached hydrogens (tertiary/aromatic N) is 2. The summed E-state index contributed by atoms with van der Waals surface area (Å²) in [5, 5.41) is 7.95. The van der Waals surface area contributed by atoms with Gasteiger partial charge in [-0.05, 0) is 33.6 Å². The van der Waals surface area contributed by atoms with Crippen LogP contribution < -0.4 is 11.1 Å². The van der Waals surface area contributed by atoms with Gasteiger partial charge in [-0.2, -0.15) is 5.10 Å². The van der Waals surface area contributed by atoms with Crippen LogP contribution in [0, 0.1) is 6.92 Å². The molecule has 4 heteroatoms. The number of aryl methyl sites for hydroxylation is 1. The Labute approximate surface area is 96.5 Å². The number of rotatable bonds is 3. The van der Waals surface area contributed by atoms with Crippen LogP contribution in [0.4, 0.5) is 11.5 Å². The van der Waals surface area contributed by atoms with Crippen molar-refractivity contribution in [2.75, 3.05) is 11.1 Å². The van der Waals surface area contributed by atoms with E-state index in [9.17, 15) is 0 Å². The van der Waals surface area contributed by atoms with Gasteiger partial charge in [-0.1, -0.05) is 12.2 Å². The predicted octanol–water partition coefficient (Wildman–Crippen LogP) is 2.49. The molecule has 0 saturated carbocycles. The molecule has 2 rings (SSSR count). The number of nitrogens with two attached hydrogens (primary N) is 1. The maximum absolute atomic E-state index is 6.05. The van der Waals surface area contributed by atoms with E-state index in [0.29, 0.717) is 12.1 Å². The van der Waals surface area contributed by atoms with Crippen molar-refractivity contribution in [3.8, 4) is 0 Å². The normalized spacial score (nSPS) is 16.2. The van der Waals surface area contributed by atoms with Gasteiger partial charge in [0.15, 0.2) is 0 Å². The van der Waals surface area contributed by atoms with Crippen molar-refractivity contribution in [2.45, 2.75) is 45.7 Å². The lowest BCUT2D eigenvalue weighted by molar-refractivity contribution is 0.531. The molecule has 0 aromatic carbocycles. The van der Waals surface area contributed by atoms with E-state index < -0.39 is 0 Å². The van der Waals surface area contributed by atoms with Gasteiger partial charge in [-0.3, -0.25) is 0 Å². The Balaban J connectivity index is 2.23. The van der Waals surface area contributed by atoms with Crippen LogP contribution in [0.1, 0.15) is 38.4 Å². The molecule has 0 radical (unpaired) electrons. The van der Waals surface area contributed by atoms with Crippen molar-refractivity contribution in [1.29, 1.82) is 0 Å². The van der Waals surface area contributed by atoms with E-state index in [2.05, 4.69) is 36.4 Å². The van der Waals surface area contributed by atoms with E-state index in [4.69, 9.17) is 5.73 Å². The molecular weight excluding hydrogens is 200 g/mol. The fourth-order valence-corrected chi connectivity index (χ4v) is 2.01. The minimum absolute atomic E-state index is 0.327. The number of hydrogen-bond donors (Lipinski definition) is 2. The molecule has 0 amide bonds. The van der Waals surface area contributed by atoms with Crippen LogP contribution in [0.2, 0.25) is 0 Å². The highest BCUT2D eigenvalue weighted by molar-refractivity contribution is 5.65. The second kappa shape index (κ2) is 4.20. The largest absolute Gasteiger partial charge is 0.394 e. The molecule has 16 heavy (non-hydrogen) atoms. The summed E-state index contributed by atoms with van der Waals surface area (Å²) in [5.74, 6) is 0.973. The number of hydrogen-bond acceptors (Lipinski definition) is 3. The van der Waals surface area contributed by atoms with Crippen molar-refractivity contribution >= 4 is 11.5 Å². The Bertz CT molecular complexity index is 395. The van der Waals surface area contributed by atoms with Gasteiger partial charge in [-0.25, -0.2) is 4.68 Å². The molecular formula is C12H20N4. The molecule has 1 aromatic rings. The molecule has 0 spiro atoms. The van der Waals surface area contributed by atoms with Crippen molar-refractivity contribution in [3.05, 3.63) is 17.8 Å². The first-order valence-electron chi connectivity index (χ1n) is 5.85. The zero-order valence-corrected chi connectivity index (χ0v) is 10.2. The van der Waals surface area contributed by atoms with Crippen LogP contribution in [-0.4, -0.2) is 15.8 Å². The van der Waals surface area contributed by atoms with Gasteiger partial charge >= 0.3 is 0 Å². The highest BCUT2D eigenvalue weighted by atomic mass is 15.4. The summed E-state index contributed by atoms with van der Waals surface area (Å²) < 4.78 is 1.98. The van der Waals surface area contributed by atoms with Crippen molar-refractivity contribution in [2.24, 2.45) is 0 Å². The Morgan fingerprint density at radius 3 is 2.62 bits per heavy atom. The van der Waals surface area contributed by atoms with Gasteiger partial charge in [0, 0.05) is 12.1 Å². The third-order valence-electron chi connectivity index (χ3n) is 2.97. The molecule has 3 N–H and O–H groups in total. The summed E-state index contributed by atoms with van der Waals surface area (Å²) in [6.07, 6.45) is 6.55.